The quantitative estimate of drug-likeness (QED) is 0.875. The van der Waals surface area contributed by atoms with Crippen LogP contribution in [-0.4, -0.2) is 28.4 Å². The van der Waals surface area contributed by atoms with E-state index in [-0.39, 0.29) is 18.0 Å². The van der Waals surface area contributed by atoms with E-state index in [4.69, 9.17) is 0 Å². The van der Waals surface area contributed by atoms with Crippen LogP contribution in [0.15, 0.2) is 35.8 Å². The van der Waals surface area contributed by atoms with Crippen molar-refractivity contribution in [3.63, 3.8) is 0 Å². The van der Waals surface area contributed by atoms with Crippen molar-refractivity contribution >= 4 is 29.0 Å². The molecule has 1 aliphatic heterocycles. The molecule has 1 saturated heterocycles. The van der Waals surface area contributed by atoms with Crippen molar-refractivity contribution in [2.75, 3.05) is 11.9 Å². The molecule has 2 N–H and O–H groups in total. The average molecular weight is 344 g/mol. The zero-order chi connectivity index (χ0) is 16.9. The summed E-state index contributed by atoms with van der Waals surface area (Å²) in [5.74, 6) is 0.198. The molecule has 0 aliphatic carbocycles. The highest BCUT2D eigenvalue weighted by molar-refractivity contribution is 7.09. The SMILES string of the molecule is C[C@H](NC(=O)Nc1cccc(CN2CCCC2=O)c1)c1nccs1. The lowest BCUT2D eigenvalue weighted by molar-refractivity contribution is -0.128. The number of amides is 3. The maximum absolute atomic E-state index is 12.1. The molecule has 0 bridgehead atoms. The standard InChI is InChI=1S/C17H20N4O2S/c1-12(16-18-7-9-24-16)19-17(23)20-14-5-2-4-13(10-14)11-21-8-3-6-15(21)22/h2,4-5,7,9-10,12H,3,6,8,11H2,1H3,(H2,19,20,23)/t12-/m0/s1. The van der Waals surface area contributed by atoms with Crippen LogP contribution in [0.1, 0.15) is 36.4 Å². The first kappa shape index (κ1) is 16.4. The fourth-order valence-corrected chi connectivity index (χ4v) is 3.36. The molecule has 1 aromatic carbocycles. The third-order valence-electron chi connectivity index (χ3n) is 3.90. The van der Waals surface area contributed by atoms with Gasteiger partial charge in [0.25, 0.3) is 0 Å². The highest BCUT2D eigenvalue weighted by Gasteiger charge is 2.20. The van der Waals surface area contributed by atoms with E-state index in [1.54, 1.807) is 6.20 Å². The van der Waals surface area contributed by atoms with Crippen LogP contribution in [0.2, 0.25) is 0 Å². The van der Waals surface area contributed by atoms with Gasteiger partial charge in [-0.05, 0) is 31.0 Å². The van der Waals surface area contributed by atoms with Gasteiger partial charge in [0.1, 0.15) is 5.01 Å². The van der Waals surface area contributed by atoms with Crippen molar-refractivity contribution in [2.24, 2.45) is 0 Å². The van der Waals surface area contributed by atoms with E-state index < -0.39 is 0 Å². The summed E-state index contributed by atoms with van der Waals surface area (Å²) < 4.78 is 0. The number of rotatable bonds is 5. The summed E-state index contributed by atoms with van der Waals surface area (Å²) in [6, 6.07) is 7.17. The molecule has 3 rings (SSSR count). The summed E-state index contributed by atoms with van der Waals surface area (Å²) in [4.78, 5) is 29.9. The second kappa shape index (κ2) is 7.44. The molecule has 0 unspecified atom stereocenters. The molecule has 6 nitrogen and oxygen atoms in total. The maximum Gasteiger partial charge on any atom is 0.319 e. The number of carbonyl (C=O) groups excluding carboxylic acids is 2. The van der Waals surface area contributed by atoms with E-state index in [0.717, 1.165) is 23.5 Å². The van der Waals surface area contributed by atoms with Crippen LogP contribution in [-0.2, 0) is 11.3 Å². The molecule has 0 saturated carbocycles. The van der Waals surface area contributed by atoms with Gasteiger partial charge in [-0.3, -0.25) is 4.79 Å². The molecule has 1 fully saturated rings. The Bertz CT molecular complexity index is 717. The van der Waals surface area contributed by atoms with E-state index in [2.05, 4.69) is 15.6 Å². The van der Waals surface area contributed by atoms with Gasteiger partial charge in [0, 0.05) is 36.8 Å². The zero-order valence-corrected chi connectivity index (χ0v) is 14.3. The summed E-state index contributed by atoms with van der Waals surface area (Å²) in [6.07, 6.45) is 3.28. The fraction of sp³-hybridized carbons (Fsp3) is 0.353. The van der Waals surface area contributed by atoms with Crippen LogP contribution in [0.3, 0.4) is 0 Å². The number of aromatic nitrogens is 1. The Morgan fingerprint density at radius 1 is 1.46 bits per heavy atom. The summed E-state index contributed by atoms with van der Waals surface area (Å²) >= 11 is 1.51. The Morgan fingerprint density at radius 3 is 3.04 bits per heavy atom. The molecule has 1 aliphatic rings. The number of likely N-dealkylation sites (tertiary alicyclic amines) is 1. The minimum atomic E-state index is -0.271. The number of urea groups is 1. The predicted octanol–water partition coefficient (Wildman–Crippen LogP) is 3.15. The molecule has 2 aromatic rings. The number of anilines is 1. The third-order valence-corrected chi connectivity index (χ3v) is 4.86. The van der Waals surface area contributed by atoms with Gasteiger partial charge in [0.2, 0.25) is 5.91 Å². The molecule has 3 amide bonds. The van der Waals surface area contributed by atoms with E-state index in [0.29, 0.717) is 18.7 Å². The Balaban J connectivity index is 1.57. The summed E-state index contributed by atoms with van der Waals surface area (Å²) in [7, 11) is 0. The third kappa shape index (κ3) is 4.11. The highest BCUT2D eigenvalue weighted by atomic mass is 32.1. The van der Waals surface area contributed by atoms with Crippen LogP contribution in [0, 0.1) is 0 Å². The zero-order valence-electron chi connectivity index (χ0n) is 13.5. The van der Waals surface area contributed by atoms with Gasteiger partial charge in [-0.15, -0.1) is 11.3 Å². The predicted molar refractivity (Wildman–Crippen MR) is 93.8 cm³/mol. The molecule has 7 heteroatoms. The molecule has 1 aromatic heterocycles. The van der Waals surface area contributed by atoms with Crippen molar-refractivity contribution in [1.82, 2.24) is 15.2 Å². The Hall–Kier alpha value is -2.41. The lowest BCUT2D eigenvalue weighted by Crippen LogP contribution is -2.31. The Morgan fingerprint density at radius 2 is 2.33 bits per heavy atom. The first-order chi connectivity index (χ1) is 11.6. The highest BCUT2D eigenvalue weighted by Crippen LogP contribution is 2.18. The van der Waals surface area contributed by atoms with Crippen LogP contribution in [0.5, 0.6) is 0 Å². The molecule has 0 spiro atoms. The number of thiazole rings is 1. The molecular weight excluding hydrogens is 324 g/mol. The van der Waals surface area contributed by atoms with Crippen LogP contribution >= 0.6 is 11.3 Å². The van der Waals surface area contributed by atoms with Gasteiger partial charge in [-0.1, -0.05) is 12.1 Å². The normalized spacial score (nSPS) is 15.4. The minimum Gasteiger partial charge on any atom is -0.338 e. The van der Waals surface area contributed by atoms with E-state index in [9.17, 15) is 9.59 Å². The summed E-state index contributed by atoms with van der Waals surface area (Å²) in [6.45, 7) is 3.29. The van der Waals surface area contributed by atoms with E-state index in [1.165, 1.54) is 11.3 Å². The number of hydrogen-bond acceptors (Lipinski definition) is 4. The second-order valence-corrected chi connectivity index (χ2v) is 6.74. The van der Waals surface area contributed by atoms with Crippen molar-refractivity contribution < 1.29 is 9.59 Å². The first-order valence-corrected chi connectivity index (χ1v) is 8.83. The number of nitrogens with one attached hydrogen (secondary N) is 2. The van der Waals surface area contributed by atoms with Gasteiger partial charge >= 0.3 is 6.03 Å². The van der Waals surface area contributed by atoms with E-state index in [1.807, 2.05) is 41.5 Å². The van der Waals surface area contributed by atoms with Gasteiger partial charge in [0.05, 0.1) is 6.04 Å². The molecular formula is C17H20N4O2S. The topological polar surface area (TPSA) is 74.3 Å². The number of benzene rings is 1. The van der Waals surface area contributed by atoms with Crippen molar-refractivity contribution in [3.8, 4) is 0 Å². The Labute approximate surface area is 144 Å². The molecule has 1 atom stereocenters. The van der Waals surface area contributed by atoms with Crippen molar-refractivity contribution in [3.05, 3.63) is 46.4 Å². The van der Waals surface area contributed by atoms with Crippen molar-refractivity contribution in [1.29, 1.82) is 0 Å². The van der Waals surface area contributed by atoms with Crippen LogP contribution in [0.25, 0.3) is 0 Å². The van der Waals surface area contributed by atoms with Gasteiger partial charge in [-0.2, -0.15) is 0 Å². The van der Waals surface area contributed by atoms with E-state index >= 15 is 0 Å². The molecule has 0 radical (unpaired) electrons. The number of hydrogen-bond donors (Lipinski definition) is 2. The lowest BCUT2D eigenvalue weighted by atomic mass is 10.2. The monoisotopic (exact) mass is 344 g/mol. The van der Waals surface area contributed by atoms with Gasteiger partial charge < -0.3 is 15.5 Å². The summed E-state index contributed by atoms with van der Waals surface area (Å²) in [5.41, 5.74) is 1.72. The first-order valence-electron chi connectivity index (χ1n) is 7.95. The minimum absolute atomic E-state index is 0.143. The van der Waals surface area contributed by atoms with Crippen LogP contribution < -0.4 is 10.6 Å². The van der Waals surface area contributed by atoms with Crippen molar-refractivity contribution in [2.45, 2.75) is 32.4 Å². The lowest BCUT2D eigenvalue weighted by Gasteiger charge is -2.16. The maximum atomic E-state index is 12.1. The number of carbonyl (C=O) groups is 2. The Kier molecular flexibility index (Phi) is 5.10. The fourth-order valence-electron chi connectivity index (χ4n) is 2.71. The smallest absolute Gasteiger partial charge is 0.319 e. The second-order valence-electron chi connectivity index (χ2n) is 5.81. The largest absolute Gasteiger partial charge is 0.338 e. The van der Waals surface area contributed by atoms with Crippen LogP contribution in [0.4, 0.5) is 10.5 Å². The van der Waals surface area contributed by atoms with Gasteiger partial charge in [0.15, 0.2) is 0 Å². The number of nitrogens with zero attached hydrogens (tertiary/aromatic N) is 2. The molecule has 126 valence electrons. The average Bonchev–Trinajstić information content (AvgIpc) is 3.20. The molecule has 24 heavy (non-hydrogen) atoms. The summed E-state index contributed by atoms with van der Waals surface area (Å²) in [5, 5.41) is 8.45. The van der Waals surface area contributed by atoms with Gasteiger partial charge in [-0.25, -0.2) is 9.78 Å². The molecule has 2 heterocycles.